The second-order valence-electron chi connectivity index (χ2n) is 4.51. The predicted octanol–water partition coefficient (Wildman–Crippen LogP) is 2.75. The molecule has 1 heterocycles. The number of aromatic nitrogens is 2. The molecule has 0 aromatic carbocycles. The van der Waals surface area contributed by atoms with E-state index >= 15 is 0 Å². The summed E-state index contributed by atoms with van der Waals surface area (Å²) in [6, 6.07) is 0.732. The second-order valence-corrected chi connectivity index (χ2v) is 5.59. The van der Waals surface area contributed by atoms with Crippen molar-refractivity contribution in [1.29, 1.82) is 0 Å². The summed E-state index contributed by atoms with van der Waals surface area (Å²) in [6.45, 7) is 2.13. The fraction of sp³-hybridized carbons (Fsp3) is 0.750. The maximum Gasteiger partial charge on any atom is 0.0951 e. The van der Waals surface area contributed by atoms with Crippen LogP contribution in [0.1, 0.15) is 50.4 Å². The molecule has 1 aromatic heterocycles. The van der Waals surface area contributed by atoms with Crippen LogP contribution in [0.15, 0.2) is 12.5 Å². The molecule has 2 rings (SSSR count). The molecule has 0 radical (unpaired) electrons. The van der Waals surface area contributed by atoms with Gasteiger partial charge in [-0.3, -0.25) is 0 Å². The summed E-state index contributed by atoms with van der Waals surface area (Å²) in [5.41, 5.74) is 7.33. The number of hydrogen-bond donors (Lipinski definition) is 1. The first-order chi connectivity index (χ1) is 7.77. The molecule has 1 saturated carbocycles. The van der Waals surface area contributed by atoms with Gasteiger partial charge in [0.1, 0.15) is 0 Å². The van der Waals surface area contributed by atoms with Gasteiger partial charge < -0.3 is 10.3 Å². The third-order valence-electron chi connectivity index (χ3n) is 3.59. The fourth-order valence-corrected chi connectivity index (χ4v) is 3.57. The van der Waals surface area contributed by atoms with Crippen LogP contribution >= 0.6 is 11.8 Å². The Bertz CT molecular complexity index is 337. The Morgan fingerprint density at radius 2 is 2.44 bits per heavy atom. The molecule has 4 heteroatoms. The minimum Gasteiger partial charge on any atom is -0.329 e. The molecule has 3 nitrogen and oxygen atoms in total. The normalized spacial score (nSPS) is 27.2. The van der Waals surface area contributed by atoms with Crippen LogP contribution < -0.4 is 5.73 Å². The first kappa shape index (κ1) is 12.0. The highest BCUT2D eigenvalue weighted by Gasteiger charge is 2.29. The van der Waals surface area contributed by atoms with Crippen molar-refractivity contribution in [2.75, 3.05) is 6.26 Å². The van der Waals surface area contributed by atoms with Crippen molar-refractivity contribution in [3.63, 3.8) is 0 Å². The predicted molar refractivity (Wildman–Crippen MR) is 69.6 cm³/mol. The Hall–Kier alpha value is -0.480. The van der Waals surface area contributed by atoms with E-state index in [0.717, 1.165) is 11.7 Å². The molecule has 0 bridgehead atoms. The van der Waals surface area contributed by atoms with Gasteiger partial charge in [-0.05, 0) is 25.5 Å². The Morgan fingerprint density at radius 3 is 3.12 bits per heavy atom. The van der Waals surface area contributed by atoms with Crippen molar-refractivity contribution in [2.45, 2.75) is 49.9 Å². The van der Waals surface area contributed by atoms with E-state index in [1.807, 2.05) is 24.3 Å². The lowest BCUT2D eigenvalue weighted by Crippen LogP contribution is -2.21. The van der Waals surface area contributed by atoms with Gasteiger partial charge in [0.15, 0.2) is 0 Å². The SMILES string of the molecule is CC[C@@H](N)c1cncn1C1CCCC1SC. The molecular formula is C12H21N3S. The van der Waals surface area contributed by atoms with Gasteiger partial charge in [-0.25, -0.2) is 4.98 Å². The number of nitrogens with two attached hydrogens (primary N) is 1. The summed E-state index contributed by atoms with van der Waals surface area (Å²) in [5, 5.41) is 0.733. The Morgan fingerprint density at radius 1 is 1.62 bits per heavy atom. The standard InChI is InChI=1S/C12H21N3S/c1-3-9(13)11-7-14-8-15(11)10-5-4-6-12(10)16-2/h7-10,12H,3-6,13H2,1-2H3/t9-,10?,12?/m1/s1. The number of imidazole rings is 1. The molecule has 0 spiro atoms. The number of rotatable bonds is 4. The lowest BCUT2D eigenvalue weighted by Gasteiger charge is -2.23. The summed E-state index contributed by atoms with van der Waals surface area (Å²) in [5.74, 6) is 0. The molecule has 3 atom stereocenters. The maximum absolute atomic E-state index is 6.13. The third-order valence-corrected chi connectivity index (χ3v) is 4.75. The monoisotopic (exact) mass is 239 g/mol. The van der Waals surface area contributed by atoms with Gasteiger partial charge in [0.05, 0.1) is 12.0 Å². The summed E-state index contributed by atoms with van der Waals surface area (Å²) >= 11 is 1.98. The van der Waals surface area contributed by atoms with E-state index in [1.54, 1.807) is 0 Å². The van der Waals surface area contributed by atoms with E-state index in [1.165, 1.54) is 25.0 Å². The lowest BCUT2D eigenvalue weighted by molar-refractivity contribution is 0.487. The van der Waals surface area contributed by atoms with Crippen molar-refractivity contribution < 1.29 is 0 Å². The average Bonchev–Trinajstić information content (AvgIpc) is 2.94. The summed E-state index contributed by atoms with van der Waals surface area (Å²) < 4.78 is 2.32. The largest absolute Gasteiger partial charge is 0.329 e. The highest BCUT2D eigenvalue weighted by Crippen LogP contribution is 2.38. The minimum atomic E-state index is 0.130. The molecule has 16 heavy (non-hydrogen) atoms. The summed E-state index contributed by atoms with van der Waals surface area (Å²) in [4.78, 5) is 4.28. The smallest absolute Gasteiger partial charge is 0.0951 e. The van der Waals surface area contributed by atoms with Crippen LogP contribution in [0.3, 0.4) is 0 Å². The zero-order chi connectivity index (χ0) is 11.5. The van der Waals surface area contributed by atoms with Gasteiger partial charge in [-0.2, -0.15) is 11.8 Å². The van der Waals surface area contributed by atoms with E-state index in [-0.39, 0.29) is 6.04 Å². The zero-order valence-electron chi connectivity index (χ0n) is 10.1. The molecule has 1 aliphatic rings. The molecule has 1 aliphatic carbocycles. The van der Waals surface area contributed by atoms with Crippen LogP contribution in [-0.2, 0) is 0 Å². The highest BCUT2D eigenvalue weighted by atomic mass is 32.2. The van der Waals surface area contributed by atoms with E-state index in [9.17, 15) is 0 Å². The Balaban J connectivity index is 2.22. The van der Waals surface area contributed by atoms with Crippen LogP contribution in [0.25, 0.3) is 0 Å². The van der Waals surface area contributed by atoms with Crippen LogP contribution in [0, 0.1) is 0 Å². The van der Waals surface area contributed by atoms with Gasteiger partial charge >= 0.3 is 0 Å². The summed E-state index contributed by atoms with van der Waals surface area (Å²) in [6.07, 6.45) is 11.0. The van der Waals surface area contributed by atoms with Gasteiger partial charge in [0, 0.05) is 23.5 Å². The quantitative estimate of drug-likeness (QED) is 0.878. The van der Waals surface area contributed by atoms with E-state index in [2.05, 4.69) is 22.7 Å². The molecule has 1 fully saturated rings. The number of hydrogen-bond acceptors (Lipinski definition) is 3. The van der Waals surface area contributed by atoms with E-state index in [4.69, 9.17) is 5.73 Å². The Kier molecular flexibility index (Phi) is 3.92. The van der Waals surface area contributed by atoms with Crippen molar-refractivity contribution in [3.8, 4) is 0 Å². The van der Waals surface area contributed by atoms with Crippen LogP contribution in [0.4, 0.5) is 0 Å². The molecule has 0 saturated heterocycles. The lowest BCUT2D eigenvalue weighted by atomic mass is 10.1. The Labute approximate surface area is 102 Å². The fourth-order valence-electron chi connectivity index (χ4n) is 2.59. The third kappa shape index (κ3) is 2.13. The van der Waals surface area contributed by atoms with Crippen molar-refractivity contribution in [3.05, 3.63) is 18.2 Å². The minimum absolute atomic E-state index is 0.130. The molecule has 1 aromatic rings. The first-order valence-electron chi connectivity index (χ1n) is 6.08. The zero-order valence-corrected chi connectivity index (χ0v) is 10.9. The van der Waals surface area contributed by atoms with E-state index < -0.39 is 0 Å². The first-order valence-corrected chi connectivity index (χ1v) is 7.36. The molecular weight excluding hydrogens is 218 g/mol. The van der Waals surface area contributed by atoms with Gasteiger partial charge in [0.25, 0.3) is 0 Å². The summed E-state index contributed by atoms with van der Waals surface area (Å²) in [7, 11) is 0. The van der Waals surface area contributed by atoms with Gasteiger partial charge in [-0.1, -0.05) is 13.3 Å². The number of thioether (sulfide) groups is 1. The van der Waals surface area contributed by atoms with Gasteiger partial charge in [-0.15, -0.1) is 0 Å². The van der Waals surface area contributed by atoms with Crippen molar-refractivity contribution >= 4 is 11.8 Å². The number of nitrogens with zero attached hydrogens (tertiary/aromatic N) is 2. The van der Waals surface area contributed by atoms with Crippen LogP contribution in [0.5, 0.6) is 0 Å². The molecule has 90 valence electrons. The van der Waals surface area contributed by atoms with E-state index in [0.29, 0.717) is 6.04 Å². The highest BCUT2D eigenvalue weighted by molar-refractivity contribution is 7.99. The van der Waals surface area contributed by atoms with Crippen molar-refractivity contribution in [1.82, 2.24) is 9.55 Å². The molecule has 0 aliphatic heterocycles. The molecule has 2 unspecified atom stereocenters. The van der Waals surface area contributed by atoms with Crippen molar-refractivity contribution in [2.24, 2.45) is 5.73 Å². The van der Waals surface area contributed by atoms with Crippen LogP contribution in [-0.4, -0.2) is 21.1 Å². The average molecular weight is 239 g/mol. The van der Waals surface area contributed by atoms with Crippen LogP contribution in [0.2, 0.25) is 0 Å². The topological polar surface area (TPSA) is 43.8 Å². The molecule has 2 N–H and O–H groups in total. The van der Waals surface area contributed by atoms with Gasteiger partial charge in [0.2, 0.25) is 0 Å². The maximum atomic E-state index is 6.13. The molecule has 0 amide bonds. The second kappa shape index (κ2) is 5.23.